The Balaban J connectivity index is 1.59. The number of rotatable bonds is 5. The molecule has 2 heterocycles. The number of ether oxygens (including phenoxy) is 1. The predicted octanol–water partition coefficient (Wildman–Crippen LogP) is 1.39. The van der Waals surface area contributed by atoms with Gasteiger partial charge in [-0.1, -0.05) is 6.92 Å². The standard InChI is InChI=1S/C13H26N2O/c1-2-13-12(5-7-16-13)10-15-9-11-4-3-6-14-8-11/h11-15H,2-10H2,1H3. The predicted molar refractivity (Wildman–Crippen MR) is 66.6 cm³/mol. The highest BCUT2D eigenvalue weighted by Crippen LogP contribution is 2.22. The Morgan fingerprint density at radius 3 is 3.00 bits per heavy atom. The first-order valence-corrected chi connectivity index (χ1v) is 6.93. The van der Waals surface area contributed by atoms with E-state index in [-0.39, 0.29) is 0 Å². The largest absolute Gasteiger partial charge is 0.378 e. The van der Waals surface area contributed by atoms with Gasteiger partial charge in [0.2, 0.25) is 0 Å². The second kappa shape index (κ2) is 6.58. The van der Waals surface area contributed by atoms with E-state index in [0.717, 1.165) is 31.4 Å². The van der Waals surface area contributed by atoms with Gasteiger partial charge in [0.05, 0.1) is 6.10 Å². The van der Waals surface area contributed by atoms with Crippen LogP contribution in [0.15, 0.2) is 0 Å². The van der Waals surface area contributed by atoms with Gasteiger partial charge in [-0.25, -0.2) is 0 Å². The lowest BCUT2D eigenvalue weighted by atomic mass is 9.97. The van der Waals surface area contributed by atoms with Crippen LogP contribution in [-0.2, 0) is 4.74 Å². The monoisotopic (exact) mass is 226 g/mol. The Bertz CT molecular complexity index is 192. The maximum absolute atomic E-state index is 5.70. The van der Waals surface area contributed by atoms with Gasteiger partial charge >= 0.3 is 0 Å². The highest BCUT2D eigenvalue weighted by molar-refractivity contribution is 4.78. The number of hydrogen-bond acceptors (Lipinski definition) is 3. The number of nitrogens with one attached hydrogen (secondary N) is 2. The van der Waals surface area contributed by atoms with Crippen molar-refractivity contribution in [3.05, 3.63) is 0 Å². The molecule has 3 unspecified atom stereocenters. The summed E-state index contributed by atoms with van der Waals surface area (Å²) in [4.78, 5) is 0. The van der Waals surface area contributed by atoms with Gasteiger partial charge in [0.15, 0.2) is 0 Å². The van der Waals surface area contributed by atoms with Crippen molar-refractivity contribution in [3.8, 4) is 0 Å². The van der Waals surface area contributed by atoms with E-state index in [1.807, 2.05) is 0 Å². The average molecular weight is 226 g/mol. The summed E-state index contributed by atoms with van der Waals surface area (Å²) in [7, 11) is 0. The van der Waals surface area contributed by atoms with Gasteiger partial charge in [-0.05, 0) is 57.2 Å². The molecule has 0 aromatic carbocycles. The summed E-state index contributed by atoms with van der Waals surface area (Å²) in [6, 6.07) is 0. The van der Waals surface area contributed by atoms with Gasteiger partial charge in [-0.2, -0.15) is 0 Å². The smallest absolute Gasteiger partial charge is 0.0613 e. The van der Waals surface area contributed by atoms with Crippen molar-refractivity contribution in [1.82, 2.24) is 10.6 Å². The fourth-order valence-corrected chi connectivity index (χ4v) is 2.95. The zero-order chi connectivity index (χ0) is 11.2. The summed E-state index contributed by atoms with van der Waals surface area (Å²) >= 11 is 0. The Morgan fingerprint density at radius 2 is 2.25 bits per heavy atom. The molecular formula is C13H26N2O. The molecule has 16 heavy (non-hydrogen) atoms. The summed E-state index contributed by atoms with van der Waals surface area (Å²) in [6.07, 6.45) is 5.65. The molecule has 0 radical (unpaired) electrons. The molecule has 0 bridgehead atoms. The molecule has 0 amide bonds. The van der Waals surface area contributed by atoms with E-state index < -0.39 is 0 Å². The maximum atomic E-state index is 5.70. The number of piperidine rings is 1. The molecular weight excluding hydrogens is 200 g/mol. The molecule has 0 aromatic rings. The highest BCUT2D eigenvalue weighted by Gasteiger charge is 2.26. The molecule has 0 saturated carbocycles. The maximum Gasteiger partial charge on any atom is 0.0613 e. The van der Waals surface area contributed by atoms with Crippen LogP contribution < -0.4 is 10.6 Å². The van der Waals surface area contributed by atoms with Crippen LogP contribution in [0.3, 0.4) is 0 Å². The fourth-order valence-electron chi connectivity index (χ4n) is 2.95. The second-order valence-corrected chi connectivity index (χ2v) is 5.24. The van der Waals surface area contributed by atoms with Crippen LogP contribution in [0.25, 0.3) is 0 Å². The van der Waals surface area contributed by atoms with Crippen LogP contribution in [0.4, 0.5) is 0 Å². The third kappa shape index (κ3) is 3.44. The van der Waals surface area contributed by atoms with Crippen molar-refractivity contribution in [1.29, 1.82) is 0 Å². The van der Waals surface area contributed by atoms with Crippen LogP contribution >= 0.6 is 0 Å². The Kier molecular flexibility index (Phi) is 5.07. The third-order valence-electron chi connectivity index (χ3n) is 3.99. The van der Waals surface area contributed by atoms with E-state index in [9.17, 15) is 0 Å². The summed E-state index contributed by atoms with van der Waals surface area (Å²) in [5.41, 5.74) is 0. The lowest BCUT2D eigenvalue weighted by molar-refractivity contribution is 0.0870. The third-order valence-corrected chi connectivity index (χ3v) is 3.99. The van der Waals surface area contributed by atoms with Crippen LogP contribution in [-0.4, -0.2) is 38.9 Å². The second-order valence-electron chi connectivity index (χ2n) is 5.24. The molecule has 3 heteroatoms. The highest BCUT2D eigenvalue weighted by atomic mass is 16.5. The van der Waals surface area contributed by atoms with Gasteiger partial charge in [-0.3, -0.25) is 0 Å². The Labute approximate surface area is 99.3 Å². The van der Waals surface area contributed by atoms with Crippen LogP contribution in [0.2, 0.25) is 0 Å². The van der Waals surface area contributed by atoms with Crippen molar-refractivity contribution < 1.29 is 4.74 Å². The summed E-state index contributed by atoms with van der Waals surface area (Å²) in [5, 5.41) is 7.11. The number of hydrogen-bond donors (Lipinski definition) is 2. The van der Waals surface area contributed by atoms with Crippen molar-refractivity contribution in [3.63, 3.8) is 0 Å². The van der Waals surface area contributed by atoms with Crippen molar-refractivity contribution in [2.75, 3.05) is 32.8 Å². The molecule has 0 aliphatic carbocycles. The minimum atomic E-state index is 0.511. The minimum Gasteiger partial charge on any atom is -0.378 e. The topological polar surface area (TPSA) is 33.3 Å². The van der Waals surface area contributed by atoms with Crippen molar-refractivity contribution in [2.45, 2.75) is 38.7 Å². The summed E-state index contributed by atoms with van der Waals surface area (Å²) < 4.78 is 5.70. The molecule has 3 nitrogen and oxygen atoms in total. The van der Waals surface area contributed by atoms with Gasteiger partial charge in [0, 0.05) is 13.2 Å². The molecule has 0 aromatic heterocycles. The molecule has 2 N–H and O–H groups in total. The van der Waals surface area contributed by atoms with Crippen molar-refractivity contribution >= 4 is 0 Å². The van der Waals surface area contributed by atoms with Crippen LogP contribution in [0, 0.1) is 11.8 Å². The molecule has 2 fully saturated rings. The van der Waals surface area contributed by atoms with Crippen LogP contribution in [0.5, 0.6) is 0 Å². The Hall–Kier alpha value is -0.120. The molecule has 2 rings (SSSR count). The zero-order valence-corrected chi connectivity index (χ0v) is 10.5. The summed E-state index contributed by atoms with van der Waals surface area (Å²) in [6.45, 7) is 7.94. The molecule has 2 saturated heterocycles. The molecule has 2 aliphatic rings. The van der Waals surface area contributed by atoms with Gasteiger partial charge in [0.1, 0.15) is 0 Å². The minimum absolute atomic E-state index is 0.511. The van der Waals surface area contributed by atoms with Crippen molar-refractivity contribution in [2.24, 2.45) is 11.8 Å². The quantitative estimate of drug-likeness (QED) is 0.743. The summed E-state index contributed by atoms with van der Waals surface area (Å²) in [5.74, 6) is 1.60. The SMILES string of the molecule is CCC1OCCC1CNCC1CCCNC1. The van der Waals surface area contributed by atoms with E-state index in [4.69, 9.17) is 4.74 Å². The first-order valence-electron chi connectivity index (χ1n) is 6.93. The van der Waals surface area contributed by atoms with E-state index in [0.29, 0.717) is 6.10 Å². The lowest BCUT2D eigenvalue weighted by Crippen LogP contribution is -2.38. The van der Waals surface area contributed by atoms with E-state index in [2.05, 4.69) is 17.6 Å². The first kappa shape index (κ1) is 12.3. The first-order chi connectivity index (χ1) is 7.90. The molecule has 0 spiro atoms. The van der Waals surface area contributed by atoms with E-state index in [1.165, 1.54) is 38.9 Å². The molecule has 3 atom stereocenters. The van der Waals surface area contributed by atoms with E-state index in [1.54, 1.807) is 0 Å². The fraction of sp³-hybridized carbons (Fsp3) is 1.00. The average Bonchev–Trinajstić information content (AvgIpc) is 2.78. The Morgan fingerprint density at radius 1 is 1.31 bits per heavy atom. The normalized spacial score (nSPS) is 35.4. The molecule has 94 valence electrons. The van der Waals surface area contributed by atoms with Gasteiger partial charge in [-0.15, -0.1) is 0 Å². The van der Waals surface area contributed by atoms with Gasteiger partial charge in [0.25, 0.3) is 0 Å². The van der Waals surface area contributed by atoms with E-state index >= 15 is 0 Å². The lowest BCUT2D eigenvalue weighted by Gasteiger charge is -2.24. The van der Waals surface area contributed by atoms with Gasteiger partial charge < -0.3 is 15.4 Å². The zero-order valence-electron chi connectivity index (χ0n) is 10.5. The van der Waals surface area contributed by atoms with Crippen LogP contribution in [0.1, 0.15) is 32.6 Å². The molecule has 2 aliphatic heterocycles.